The van der Waals surface area contributed by atoms with Crippen molar-refractivity contribution in [3.05, 3.63) is 24.2 Å². The molecule has 0 saturated carbocycles. The van der Waals surface area contributed by atoms with Crippen LogP contribution in [-0.4, -0.2) is 25.8 Å². The Morgan fingerprint density at radius 3 is 3.08 bits per heavy atom. The molecule has 5 heteroatoms. The summed E-state index contributed by atoms with van der Waals surface area (Å²) >= 11 is 0. The van der Waals surface area contributed by atoms with E-state index in [0.29, 0.717) is 5.52 Å². The molecule has 2 rings (SSSR count). The fourth-order valence-corrected chi connectivity index (χ4v) is 1.28. The quantitative estimate of drug-likeness (QED) is 0.695. The standard InChI is InChI=1S/C8H7N3O2/c1-11-7-5(4-10-11)2-3-9-6(7)8(12)13/h2-4H,1H3,(H,12,13). The molecule has 5 nitrogen and oxygen atoms in total. The maximum absolute atomic E-state index is 10.8. The largest absolute Gasteiger partial charge is 0.476 e. The number of fused-ring (bicyclic) bond motifs is 1. The fraction of sp³-hybridized carbons (Fsp3) is 0.125. The van der Waals surface area contributed by atoms with Gasteiger partial charge in [0.05, 0.1) is 6.20 Å². The Morgan fingerprint density at radius 2 is 2.38 bits per heavy atom. The van der Waals surface area contributed by atoms with E-state index >= 15 is 0 Å². The molecule has 2 aromatic rings. The molecule has 0 unspecified atom stereocenters. The van der Waals surface area contributed by atoms with Crippen molar-refractivity contribution < 1.29 is 9.90 Å². The lowest BCUT2D eigenvalue weighted by molar-refractivity contribution is 0.0692. The van der Waals surface area contributed by atoms with Crippen LogP contribution in [0.1, 0.15) is 10.5 Å². The molecule has 0 aromatic carbocycles. The lowest BCUT2D eigenvalue weighted by atomic mass is 10.2. The lowest BCUT2D eigenvalue weighted by Gasteiger charge is -1.97. The molecule has 66 valence electrons. The fourth-order valence-electron chi connectivity index (χ4n) is 1.28. The second-order valence-electron chi connectivity index (χ2n) is 2.67. The smallest absolute Gasteiger partial charge is 0.356 e. The van der Waals surface area contributed by atoms with Crippen molar-refractivity contribution in [3.8, 4) is 0 Å². The first-order valence-corrected chi connectivity index (χ1v) is 3.70. The Balaban J connectivity index is 2.88. The van der Waals surface area contributed by atoms with E-state index in [1.54, 1.807) is 19.3 Å². The zero-order valence-electron chi connectivity index (χ0n) is 6.93. The first-order valence-electron chi connectivity index (χ1n) is 3.70. The monoisotopic (exact) mass is 177 g/mol. The summed E-state index contributed by atoms with van der Waals surface area (Å²) in [5, 5.41) is 13.6. The second-order valence-corrected chi connectivity index (χ2v) is 2.67. The summed E-state index contributed by atoms with van der Waals surface area (Å²) in [5.41, 5.74) is 0.590. The number of carbonyl (C=O) groups is 1. The highest BCUT2D eigenvalue weighted by atomic mass is 16.4. The van der Waals surface area contributed by atoms with Crippen molar-refractivity contribution in [3.63, 3.8) is 0 Å². The van der Waals surface area contributed by atoms with Crippen LogP contribution < -0.4 is 0 Å². The van der Waals surface area contributed by atoms with Crippen molar-refractivity contribution in [1.29, 1.82) is 0 Å². The molecule has 0 aliphatic rings. The third kappa shape index (κ3) is 1.05. The predicted molar refractivity (Wildman–Crippen MR) is 45.5 cm³/mol. The first kappa shape index (κ1) is 7.72. The van der Waals surface area contributed by atoms with Crippen molar-refractivity contribution >= 4 is 16.9 Å². The maximum Gasteiger partial charge on any atom is 0.356 e. The van der Waals surface area contributed by atoms with Gasteiger partial charge in [-0.25, -0.2) is 9.78 Å². The average Bonchev–Trinajstić information content (AvgIpc) is 2.48. The minimum absolute atomic E-state index is 0.0394. The van der Waals surface area contributed by atoms with Crippen LogP contribution in [0.5, 0.6) is 0 Å². The number of hydrogen-bond donors (Lipinski definition) is 1. The molecule has 0 radical (unpaired) electrons. The number of aromatic nitrogens is 3. The van der Waals surface area contributed by atoms with Gasteiger partial charge in [-0.1, -0.05) is 0 Å². The van der Waals surface area contributed by atoms with E-state index in [1.165, 1.54) is 10.9 Å². The molecule has 13 heavy (non-hydrogen) atoms. The van der Waals surface area contributed by atoms with Gasteiger partial charge in [0.2, 0.25) is 0 Å². The number of nitrogens with zero attached hydrogens (tertiary/aromatic N) is 3. The van der Waals surface area contributed by atoms with Gasteiger partial charge < -0.3 is 5.11 Å². The molecule has 0 fully saturated rings. The average molecular weight is 177 g/mol. The Hall–Kier alpha value is -1.91. The molecule has 0 saturated heterocycles. The van der Waals surface area contributed by atoms with Crippen LogP contribution in [0.25, 0.3) is 10.9 Å². The minimum Gasteiger partial charge on any atom is -0.476 e. The van der Waals surface area contributed by atoms with E-state index < -0.39 is 5.97 Å². The van der Waals surface area contributed by atoms with Gasteiger partial charge in [-0.3, -0.25) is 4.68 Å². The minimum atomic E-state index is -1.03. The molecule has 1 N–H and O–H groups in total. The van der Waals surface area contributed by atoms with E-state index in [2.05, 4.69) is 10.1 Å². The molecule has 0 aliphatic carbocycles. The van der Waals surface area contributed by atoms with E-state index in [-0.39, 0.29) is 5.69 Å². The molecule has 0 bridgehead atoms. The summed E-state index contributed by atoms with van der Waals surface area (Å²) in [7, 11) is 1.69. The maximum atomic E-state index is 10.8. The summed E-state index contributed by atoms with van der Waals surface area (Å²) in [6, 6.07) is 1.73. The van der Waals surface area contributed by atoms with Crippen molar-refractivity contribution in [1.82, 2.24) is 14.8 Å². The van der Waals surface area contributed by atoms with E-state index in [4.69, 9.17) is 5.11 Å². The number of carboxylic acids is 1. The third-order valence-corrected chi connectivity index (χ3v) is 1.85. The van der Waals surface area contributed by atoms with Crippen LogP contribution in [0.2, 0.25) is 0 Å². The van der Waals surface area contributed by atoms with Gasteiger partial charge in [0.25, 0.3) is 0 Å². The molecule has 0 spiro atoms. The zero-order chi connectivity index (χ0) is 9.42. The predicted octanol–water partition coefficient (Wildman–Crippen LogP) is 0.666. The van der Waals surface area contributed by atoms with E-state index in [0.717, 1.165) is 5.39 Å². The SMILES string of the molecule is Cn1ncc2ccnc(C(=O)O)c21. The van der Waals surface area contributed by atoms with Gasteiger partial charge in [-0.05, 0) is 6.07 Å². The number of hydrogen-bond acceptors (Lipinski definition) is 3. The highest BCUT2D eigenvalue weighted by Gasteiger charge is 2.12. The van der Waals surface area contributed by atoms with Gasteiger partial charge in [0.15, 0.2) is 5.69 Å². The zero-order valence-corrected chi connectivity index (χ0v) is 6.93. The van der Waals surface area contributed by atoms with Gasteiger partial charge in [-0.2, -0.15) is 5.10 Å². The summed E-state index contributed by atoms with van der Waals surface area (Å²) in [4.78, 5) is 14.5. The highest BCUT2D eigenvalue weighted by molar-refractivity contribution is 5.99. The Morgan fingerprint density at radius 1 is 1.62 bits per heavy atom. The van der Waals surface area contributed by atoms with Crippen molar-refractivity contribution in [2.75, 3.05) is 0 Å². The number of aromatic carboxylic acids is 1. The van der Waals surface area contributed by atoms with Gasteiger partial charge in [0.1, 0.15) is 5.52 Å². The van der Waals surface area contributed by atoms with Crippen LogP contribution in [-0.2, 0) is 7.05 Å². The Labute approximate surface area is 73.6 Å². The number of rotatable bonds is 1. The van der Waals surface area contributed by atoms with Crippen LogP contribution in [0.15, 0.2) is 18.5 Å². The first-order chi connectivity index (χ1) is 6.20. The van der Waals surface area contributed by atoms with Crippen LogP contribution in [0.3, 0.4) is 0 Å². The topological polar surface area (TPSA) is 68.0 Å². The van der Waals surface area contributed by atoms with Crippen molar-refractivity contribution in [2.45, 2.75) is 0 Å². The molecular formula is C8H7N3O2. The molecule has 0 aliphatic heterocycles. The Bertz CT molecular complexity index is 475. The second kappa shape index (κ2) is 2.55. The number of aryl methyl sites for hydroxylation is 1. The molecule has 2 heterocycles. The highest BCUT2D eigenvalue weighted by Crippen LogP contribution is 2.14. The third-order valence-electron chi connectivity index (χ3n) is 1.85. The van der Waals surface area contributed by atoms with Crippen LogP contribution >= 0.6 is 0 Å². The molecular weight excluding hydrogens is 170 g/mol. The van der Waals surface area contributed by atoms with Crippen LogP contribution in [0, 0.1) is 0 Å². The Kier molecular flexibility index (Phi) is 1.51. The lowest BCUT2D eigenvalue weighted by Crippen LogP contribution is -2.03. The molecule has 0 atom stereocenters. The summed E-state index contributed by atoms with van der Waals surface area (Å²) in [6.07, 6.45) is 3.08. The summed E-state index contributed by atoms with van der Waals surface area (Å²) in [6.45, 7) is 0. The normalized spacial score (nSPS) is 10.5. The van der Waals surface area contributed by atoms with Gasteiger partial charge in [0, 0.05) is 18.6 Å². The van der Waals surface area contributed by atoms with E-state index in [1.807, 2.05) is 0 Å². The van der Waals surface area contributed by atoms with E-state index in [9.17, 15) is 4.79 Å². The number of pyridine rings is 1. The van der Waals surface area contributed by atoms with Crippen molar-refractivity contribution in [2.24, 2.45) is 7.05 Å². The molecule has 2 aromatic heterocycles. The van der Waals surface area contributed by atoms with Gasteiger partial charge >= 0.3 is 5.97 Å². The summed E-state index contributed by atoms with van der Waals surface area (Å²) < 4.78 is 1.51. The number of carboxylic acid groups (broad SMARTS) is 1. The molecule has 0 amide bonds. The summed E-state index contributed by atoms with van der Waals surface area (Å²) in [5.74, 6) is -1.03. The van der Waals surface area contributed by atoms with Gasteiger partial charge in [-0.15, -0.1) is 0 Å². The van der Waals surface area contributed by atoms with Crippen LogP contribution in [0.4, 0.5) is 0 Å².